The maximum atomic E-state index is 12.3. The lowest BCUT2D eigenvalue weighted by atomic mass is 9.92. The highest BCUT2D eigenvalue weighted by atomic mass is 16.7. The Labute approximate surface area is 129 Å². The molecule has 0 aliphatic carbocycles. The highest BCUT2D eigenvalue weighted by molar-refractivity contribution is 6.00. The Morgan fingerprint density at radius 1 is 1.22 bits per heavy atom. The topological polar surface area (TPSA) is 95.2 Å². The number of cyclic esters (lactones) is 1. The van der Waals surface area contributed by atoms with Crippen molar-refractivity contribution >= 4 is 16.9 Å². The molecule has 0 spiro atoms. The lowest BCUT2D eigenvalue weighted by Crippen LogP contribution is -2.26. The van der Waals surface area contributed by atoms with Gasteiger partial charge in [0, 0.05) is 18.1 Å². The van der Waals surface area contributed by atoms with Crippen molar-refractivity contribution in [2.75, 3.05) is 13.2 Å². The zero-order valence-electron chi connectivity index (χ0n) is 12.0. The van der Waals surface area contributed by atoms with Gasteiger partial charge in [-0.2, -0.15) is 0 Å². The summed E-state index contributed by atoms with van der Waals surface area (Å²) in [6, 6.07) is 1.50. The van der Waals surface area contributed by atoms with E-state index in [-0.39, 0.29) is 29.4 Å². The third-order valence-electron chi connectivity index (χ3n) is 4.71. The minimum atomic E-state index is -0.743. The summed E-state index contributed by atoms with van der Waals surface area (Å²) in [5, 5.41) is 10.8. The largest absolute Gasteiger partial charge is 0.507 e. The third kappa shape index (κ3) is 1.57. The molecule has 2 atom stereocenters. The summed E-state index contributed by atoms with van der Waals surface area (Å²) in [6.07, 6.45) is 0.697. The zero-order chi connectivity index (χ0) is 15.7. The second-order valence-corrected chi connectivity index (χ2v) is 5.89. The van der Waals surface area contributed by atoms with Crippen LogP contribution in [-0.2, 0) is 15.9 Å². The van der Waals surface area contributed by atoms with E-state index < -0.39 is 17.9 Å². The van der Waals surface area contributed by atoms with Crippen molar-refractivity contribution in [1.29, 1.82) is 0 Å². The Morgan fingerprint density at radius 2 is 2.09 bits per heavy atom. The molecule has 0 radical (unpaired) electrons. The second-order valence-electron chi connectivity index (χ2n) is 5.89. The minimum absolute atomic E-state index is 0.0372. The predicted molar refractivity (Wildman–Crippen MR) is 75.9 cm³/mol. The molecule has 1 N–H and O–H groups in total. The van der Waals surface area contributed by atoms with Gasteiger partial charge in [0.05, 0.1) is 24.5 Å². The van der Waals surface area contributed by atoms with Gasteiger partial charge in [0.15, 0.2) is 0 Å². The zero-order valence-corrected chi connectivity index (χ0v) is 12.0. The first-order valence-electron chi connectivity index (χ1n) is 7.46. The number of hydrogen-bond donors (Lipinski definition) is 1. The molecule has 7 heteroatoms. The summed E-state index contributed by atoms with van der Waals surface area (Å²) in [5.41, 5.74) is 0.634. The van der Waals surface area contributed by atoms with E-state index in [0.717, 1.165) is 12.0 Å². The molecular formula is C16H12O7. The van der Waals surface area contributed by atoms with E-state index in [2.05, 4.69) is 0 Å². The van der Waals surface area contributed by atoms with Crippen LogP contribution in [0.25, 0.3) is 11.0 Å². The van der Waals surface area contributed by atoms with Crippen LogP contribution in [-0.4, -0.2) is 30.6 Å². The normalized spacial score (nSPS) is 24.8. The molecule has 0 bridgehead atoms. The molecule has 7 nitrogen and oxygen atoms in total. The van der Waals surface area contributed by atoms with Crippen LogP contribution in [0.15, 0.2) is 15.3 Å². The van der Waals surface area contributed by atoms with E-state index in [9.17, 15) is 14.7 Å². The van der Waals surface area contributed by atoms with Crippen molar-refractivity contribution in [3.8, 4) is 11.5 Å². The van der Waals surface area contributed by atoms with E-state index in [1.165, 1.54) is 6.07 Å². The first-order valence-corrected chi connectivity index (χ1v) is 7.46. The molecule has 1 aromatic carbocycles. The second kappa shape index (κ2) is 4.26. The van der Waals surface area contributed by atoms with E-state index in [4.69, 9.17) is 18.6 Å². The molecule has 0 saturated carbocycles. The molecule has 2 aromatic rings. The first kappa shape index (κ1) is 13.0. The predicted octanol–water partition coefficient (Wildman–Crippen LogP) is 1.43. The van der Waals surface area contributed by atoms with Gasteiger partial charge in [-0.3, -0.25) is 0 Å². The highest BCUT2D eigenvalue weighted by Crippen LogP contribution is 2.50. The number of esters is 1. The summed E-state index contributed by atoms with van der Waals surface area (Å²) in [6.45, 7) is 0.741. The number of ether oxygens (including phenoxy) is 3. The fourth-order valence-corrected chi connectivity index (χ4v) is 3.73. The van der Waals surface area contributed by atoms with Gasteiger partial charge in [-0.25, -0.2) is 9.59 Å². The number of hydrogen-bond acceptors (Lipinski definition) is 7. The summed E-state index contributed by atoms with van der Waals surface area (Å²) in [5.74, 6) is -0.357. The van der Waals surface area contributed by atoms with Crippen LogP contribution < -0.4 is 10.4 Å². The van der Waals surface area contributed by atoms with Gasteiger partial charge in [-0.15, -0.1) is 0 Å². The van der Waals surface area contributed by atoms with Crippen LogP contribution in [0, 0.1) is 0 Å². The molecule has 5 rings (SSSR count). The van der Waals surface area contributed by atoms with E-state index in [1.54, 1.807) is 0 Å². The number of carbonyl (C=O) groups excluding carboxylic acids is 1. The SMILES string of the molecule is O=C1OCCc2c1c(=O)oc1c3c(cc(O)c21)O[C@H]1OCC[C@@H]31. The van der Waals surface area contributed by atoms with Gasteiger partial charge in [0.1, 0.15) is 22.6 Å². The van der Waals surface area contributed by atoms with E-state index in [1.807, 2.05) is 0 Å². The maximum absolute atomic E-state index is 12.3. The van der Waals surface area contributed by atoms with Crippen LogP contribution >= 0.6 is 0 Å². The number of rotatable bonds is 0. The fraction of sp³-hybridized carbons (Fsp3) is 0.375. The van der Waals surface area contributed by atoms with Gasteiger partial charge in [0.25, 0.3) is 0 Å². The van der Waals surface area contributed by atoms with Crippen molar-refractivity contribution in [3.63, 3.8) is 0 Å². The molecule has 3 aliphatic heterocycles. The number of phenolic OH excluding ortho intramolecular Hbond substituents is 1. The van der Waals surface area contributed by atoms with Crippen LogP contribution in [0.1, 0.15) is 33.8 Å². The molecular weight excluding hydrogens is 304 g/mol. The van der Waals surface area contributed by atoms with Crippen LogP contribution in [0.5, 0.6) is 11.5 Å². The average molecular weight is 316 g/mol. The van der Waals surface area contributed by atoms with Crippen molar-refractivity contribution in [2.45, 2.75) is 25.0 Å². The molecule has 3 aliphatic rings. The van der Waals surface area contributed by atoms with Gasteiger partial charge >= 0.3 is 11.6 Å². The van der Waals surface area contributed by atoms with Crippen molar-refractivity contribution in [1.82, 2.24) is 0 Å². The number of phenols is 1. The Kier molecular flexibility index (Phi) is 2.40. The van der Waals surface area contributed by atoms with Crippen LogP contribution in [0.2, 0.25) is 0 Å². The number of carbonyl (C=O) groups is 1. The van der Waals surface area contributed by atoms with Gasteiger partial charge in [-0.1, -0.05) is 0 Å². The van der Waals surface area contributed by atoms with Gasteiger partial charge in [0.2, 0.25) is 6.29 Å². The monoisotopic (exact) mass is 316 g/mol. The van der Waals surface area contributed by atoms with E-state index in [0.29, 0.717) is 29.7 Å². The standard InChI is InChI=1S/C16H12O7/c17-8-5-9-11(7-2-4-21-16(7)22-9)13-10(8)6-1-3-20-14(18)12(6)15(19)23-13/h5,7,16-17H,1-4H2/t7-,16+/m0/s1. The molecule has 0 amide bonds. The van der Waals surface area contributed by atoms with Gasteiger partial charge < -0.3 is 23.7 Å². The summed E-state index contributed by atoms with van der Waals surface area (Å²) in [4.78, 5) is 24.1. The Morgan fingerprint density at radius 3 is 2.96 bits per heavy atom. The Hall–Kier alpha value is -2.54. The Bertz CT molecular complexity index is 926. The minimum Gasteiger partial charge on any atom is -0.507 e. The number of benzene rings is 1. The van der Waals surface area contributed by atoms with E-state index >= 15 is 0 Å². The van der Waals surface area contributed by atoms with Crippen LogP contribution in [0.4, 0.5) is 0 Å². The smallest absolute Gasteiger partial charge is 0.351 e. The third-order valence-corrected chi connectivity index (χ3v) is 4.71. The van der Waals surface area contributed by atoms with Crippen molar-refractivity contribution in [2.24, 2.45) is 0 Å². The summed E-state index contributed by atoms with van der Waals surface area (Å²) in [7, 11) is 0. The maximum Gasteiger partial charge on any atom is 0.351 e. The molecule has 1 aromatic heterocycles. The Balaban J connectivity index is 1.91. The van der Waals surface area contributed by atoms with Gasteiger partial charge in [-0.05, 0) is 12.0 Å². The number of fused-ring (bicyclic) bond motifs is 7. The fourth-order valence-electron chi connectivity index (χ4n) is 3.73. The summed E-state index contributed by atoms with van der Waals surface area (Å²) >= 11 is 0. The lowest BCUT2D eigenvalue weighted by Gasteiger charge is -2.18. The summed E-state index contributed by atoms with van der Waals surface area (Å²) < 4.78 is 21.5. The molecule has 1 saturated heterocycles. The molecule has 0 unspecified atom stereocenters. The lowest BCUT2D eigenvalue weighted by molar-refractivity contribution is -0.0337. The van der Waals surface area contributed by atoms with Crippen molar-refractivity contribution < 1.29 is 28.5 Å². The van der Waals surface area contributed by atoms with Crippen molar-refractivity contribution in [3.05, 3.63) is 33.2 Å². The van der Waals surface area contributed by atoms with Crippen LogP contribution in [0.3, 0.4) is 0 Å². The first-order chi connectivity index (χ1) is 11.1. The molecule has 1 fully saturated rings. The quantitative estimate of drug-likeness (QED) is 0.580. The average Bonchev–Trinajstić information content (AvgIpc) is 3.07. The number of aromatic hydroxyl groups is 1. The molecule has 118 valence electrons. The molecule has 4 heterocycles. The molecule has 23 heavy (non-hydrogen) atoms. The highest BCUT2D eigenvalue weighted by Gasteiger charge is 2.43.